The van der Waals surface area contributed by atoms with E-state index in [4.69, 9.17) is 9.47 Å². The number of sulfonamides is 1. The highest BCUT2D eigenvalue weighted by atomic mass is 32.2. The summed E-state index contributed by atoms with van der Waals surface area (Å²) in [6, 6.07) is 9.36. The molecule has 14 heteroatoms. The van der Waals surface area contributed by atoms with Crippen molar-refractivity contribution in [2.45, 2.75) is 114 Å². The number of nitrogens with zero attached hydrogens (tertiary/aromatic N) is 2. The summed E-state index contributed by atoms with van der Waals surface area (Å²) in [6.07, 6.45) is 6.88. The molecule has 6 rings (SSSR count). The number of rotatable bonds is 12. The average Bonchev–Trinajstić information content (AvgIpc) is 4.00. The number of aryl methyl sites for hydroxylation is 1. The van der Waals surface area contributed by atoms with E-state index in [1.807, 2.05) is 64.1 Å². The summed E-state index contributed by atoms with van der Waals surface area (Å²) in [5.41, 5.74) is 0.0300. The fourth-order valence-corrected chi connectivity index (χ4v) is 9.01. The third-order valence-corrected chi connectivity index (χ3v) is 13.0. The van der Waals surface area contributed by atoms with Gasteiger partial charge < -0.3 is 25.0 Å². The van der Waals surface area contributed by atoms with E-state index >= 15 is 0 Å². The van der Waals surface area contributed by atoms with Gasteiger partial charge in [-0.15, -0.1) is 6.58 Å². The van der Waals surface area contributed by atoms with E-state index in [2.05, 4.69) is 26.9 Å². The number of nitrogens with one attached hydrogen (secondary N) is 3. The first kappa shape index (κ1) is 38.4. The Labute approximate surface area is 311 Å². The van der Waals surface area contributed by atoms with Gasteiger partial charge in [-0.3, -0.25) is 24.1 Å². The Balaban J connectivity index is 1.32. The third kappa shape index (κ3) is 7.98. The maximum Gasteiger partial charge on any atom is 0.408 e. The molecule has 1 aliphatic heterocycles. The Bertz CT molecular complexity index is 1870. The first-order chi connectivity index (χ1) is 25.0. The van der Waals surface area contributed by atoms with Crippen LogP contribution in [0.25, 0.3) is 11.1 Å². The average molecular weight is 750 g/mol. The predicted molar refractivity (Wildman–Crippen MR) is 198 cm³/mol. The van der Waals surface area contributed by atoms with Gasteiger partial charge in [0, 0.05) is 31.3 Å². The van der Waals surface area contributed by atoms with Crippen LogP contribution in [0.4, 0.5) is 4.79 Å². The number of ether oxygens (including phenoxy) is 2. The molecule has 3 aliphatic carbocycles. The number of pyridine rings is 1. The molecule has 4 fully saturated rings. The lowest BCUT2D eigenvalue weighted by molar-refractivity contribution is -0.143. The van der Waals surface area contributed by atoms with Crippen LogP contribution >= 0.6 is 0 Å². The van der Waals surface area contributed by atoms with Gasteiger partial charge in [0.25, 0.3) is 5.91 Å². The molecule has 0 bridgehead atoms. The summed E-state index contributed by atoms with van der Waals surface area (Å²) in [4.78, 5) is 61.6. The highest BCUT2D eigenvalue weighted by Gasteiger charge is 2.62. The van der Waals surface area contributed by atoms with E-state index in [0.29, 0.717) is 12.8 Å². The number of amides is 4. The van der Waals surface area contributed by atoms with Gasteiger partial charge in [-0.25, -0.2) is 13.2 Å². The Morgan fingerprint density at radius 2 is 1.70 bits per heavy atom. The fourth-order valence-electron chi connectivity index (χ4n) is 7.65. The molecular weight excluding hydrogens is 699 g/mol. The van der Waals surface area contributed by atoms with Gasteiger partial charge >= 0.3 is 6.09 Å². The number of hydrogen-bond acceptors (Lipinski definition) is 9. The van der Waals surface area contributed by atoms with Crippen LogP contribution in [-0.2, 0) is 39.5 Å². The zero-order valence-corrected chi connectivity index (χ0v) is 32.0. The van der Waals surface area contributed by atoms with Crippen LogP contribution in [0.15, 0.2) is 55.3 Å². The molecule has 4 aliphatic rings. The van der Waals surface area contributed by atoms with Crippen LogP contribution in [0.3, 0.4) is 0 Å². The normalized spacial score (nSPS) is 26.4. The van der Waals surface area contributed by atoms with Gasteiger partial charge in [0.1, 0.15) is 29.3 Å². The molecule has 0 spiro atoms. The van der Waals surface area contributed by atoms with Crippen molar-refractivity contribution in [3.05, 3.63) is 66.5 Å². The number of likely N-dealkylation sites (tertiary alicyclic amines) is 1. The molecule has 3 N–H and O–H groups in total. The second kappa shape index (κ2) is 14.5. The Kier molecular flexibility index (Phi) is 10.5. The third-order valence-electron chi connectivity index (χ3n) is 11.1. The molecule has 1 aromatic carbocycles. The van der Waals surface area contributed by atoms with Crippen molar-refractivity contribution in [2.24, 2.45) is 11.3 Å². The van der Waals surface area contributed by atoms with Crippen molar-refractivity contribution in [1.29, 1.82) is 0 Å². The second-order valence-corrected chi connectivity index (χ2v) is 18.0. The number of benzene rings is 1. The topological polar surface area (TPSA) is 173 Å². The molecule has 3 saturated carbocycles. The maximum absolute atomic E-state index is 14.7. The van der Waals surface area contributed by atoms with Gasteiger partial charge in [-0.05, 0) is 86.1 Å². The van der Waals surface area contributed by atoms with Crippen LogP contribution in [0.5, 0.6) is 0 Å². The number of carbonyl (C=O) groups excluding carboxylic acids is 4. The minimum absolute atomic E-state index is 0.0228. The quantitative estimate of drug-likeness (QED) is 0.268. The number of alkyl carbamates (subject to hydrolysis) is 1. The highest BCUT2D eigenvalue weighted by Crippen LogP contribution is 2.47. The van der Waals surface area contributed by atoms with Gasteiger partial charge in [0.15, 0.2) is 0 Å². The smallest absolute Gasteiger partial charge is 0.408 e. The van der Waals surface area contributed by atoms with Crippen LogP contribution in [0, 0.1) is 18.3 Å². The summed E-state index contributed by atoms with van der Waals surface area (Å²) < 4.78 is 39.5. The maximum atomic E-state index is 14.7. The Morgan fingerprint density at radius 1 is 1.02 bits per heavy atom. The van der Waals surface area contributed by atoms with Gasteiger partial charge in [0.2, 0.25) is 21.8 Å². The van der Waals surface area contributed by atoms with Crippen molar-refractivity contribution < 1.29 is 37.1 Å². The monoisotopic (exact) mass is 749 g/mol. The number of methoxy groups -OCH3 is 1. The van der Waals surface area contributed by atoms with Crippen LogP contribution < -0.4 is 15.4 Å². The molecule has 13 nitrogen and oxygen atoms in total. The molecular formula is C39H51N5O8S. The largest absolute Gasteiger partial charge is 0.446 e. The van der Waals surface area contributed by atoms with Crippen LogP contribution in [0.1, 0.15) is 83.4 Å². The first-order valence-corrected chi connectivity index (χ1v) is 19.9. The van der Waals surface area contributed by atoms with Gasteiger partial charge in [-0.2, -0.15) is 0 Å². The molecule has 2 heterocycles. The fraction of sp³-hybridized carbons (Fsp3) is 0.564. The Morgan fingerprint density at radius 3 is 2.26 bits per heavy atom. The second-order valence-electron chi connectivity index (χ2n) is 16.1. The van der Waals surface area contributed by atoms with Gasteiger partial charge in [0.05, 0.1) is 11.8 Å². The summed E-state index contributed by atoms with van der Waals surface area (Å²) >= 11 is 0. The van der Waals surface area contributed by atoms with Crippen molar-refractivity contribution in [1.82, 2.24) is 25.2 Å². The van der Waals surface area contributed by atoms with Crippen molar-refractivity contribution >= 4 is 33.8 Å². The van der Waals surface area contributed by atoms with E-state index in [0.717, 1.165) is 48.1 Å². The standard InChI is InChI=1S/C39H51N5O8S/c1-7-27-21-39(27,35(47)43-53(49,50)30-16-17-30)42-33(45)31-22-38(51-6,28-14-12-25(13-15-28)26-18-19-40-24(2)20-26)23-44(31)34(46)32(37(3,4)5)41-36(48)52-29-10-8-9-11-29/h7,12-15,18-20,27,29-32H,1,8-11,16-17,21-23H2,2-6H3,(H,41,48)(H,42,45)(H,43,47)/t27-,31+,32-,38+,39-/m1/s1. The van der Waals surface area contributed by atoms with E-state index in [1.165, 1.54) is 18.1 Å². The molecule has 0 radical (unpaired) electrons. The number of aromatic nitrogens is 1. The van der Waals surface area contributed by atoms with E-state index in [1.54, 1.807) is 6.20 Å². The lowest BCUT2D eigenvalue weighted by Crippen LogP contribution is -2.60. The molecule has 5 atom stereocenters. The summed E-state index contributed by atoms with van der Waals surface area (Å²) in [5, 5.41) is 5.00. The molecule has 1 saturated heterocycles. The zero-order valence-electron chi connectivity index (χ0n) is 31.1. The predicted octanol–water partition coefficient (Wildman–Crippen LogP) is 4.25. The zero-order chi connectivity index (χ0) is 38.3. The summed E-state index contributed by atoms with van der Waals surface area (Å²) in [7, 11) is -2.38. The van der Waals surface area contributed by atoms with Crippen molar-refractivity contribution in [3.8, 4) is 11.1 Å². The molecule has 286 valence electrons. The summed E-state index contributed by atoms with van der Waals surface area (Å²) in [5.74, 6) is -2.51. The van der Waals surface area contributed by atoms with Crippen LogP contribution in [0.2, 0.25) is 0 Å². The van der Waals surface area contributed by atoms with Crippen molar-refractivity contribution in [3.63, 3.8) is 0 Å². The minimum atomic E-state index is -3.90. The van der Waals surface area contributed by atoms with E-state index in [-0.39, 0.29) is 25.5 Å². The number of carbonyl (C=O) groups is 4. The van der Waals surface area contributed by atoms with Gasteiger partial charge in [-0.1, -0.05) is 51.1 Å². The SMILES string of the molecule is C=C[C@@H]1C[C@]1(NC(=O)[C@@H]1C[C@@](OC)(c2ccc(-c3ccnc(C)c3)cc2)CN1C(=O)[C@@H](NC(=O)OC1CCCC1)C(C)(C)C)C(=O)NS(=O)(=O)C1CC1. The molecule has 0 unspecified atom stereocenters. The molecule has 2 aromatic rings. The van der Waals surface area contributed by atoms with E-state index in [9.17, 15) is 27.6 Å². The van der Waals surface area contributed by atoms with Crippen molar-refractivity contribution in [2.75, 3.05) is 13.7 Å². The van der Waals surface area contributed by atoms with Crippen LogP contribution in [-0.4, -0.2) is 84.7 Å². The molecule has 1 aromatic heterocycles. The summed E-state index contributed by atoms with van der Waals surface area (Å²) in [6.45, 7) is 11.1. The highest BCUT2D eigenvalue weighted by molar-refractivity contribution is 7.91. The number of hydrogen-bond donors (Lipinski definition) is 3. The minimum Gasteiger partial charge on any atom is -0.446 e. The lowest BCUT2D eigenvalue weighted by atomic mass is 9.85. The Hall–Kier alpha value is -4.30. The first-order valence-electron chi connectivity index (χ1n) is 18.4. The molecule has 53 heavy (non-hydrogen) atoms. The van der Waals surface area contributed by atoms with E-state index < -0.39 is 73.6 Å². The lowest BCUT2D eigenvalue weighted by Gasteiger charge is -2.36. The molecule has 4 amide bonds.